The summed E-state index contributed by atoms with van der Waals surface area (Å²) in [5.41, 5.74) is 1.93. The number of aliphatic hydroxyl groups excluding tert-OH is 1. The first kappa shape index (κ1) is 13.4. The summed E-state index contributed by atoms with van der Waals surface area (Å²) < 4.78 is 6.01. The lowest BCUT2D eigenvalue weighted by atomic mass is 10.0. The highest BCUT2D eigenvalue weighted by molar-refractivity contribution is 7.16. The second-order valence-corrected chi connectivity index (χ2v) is 5.95. The molecule has 1 N–H and O–H groups in total. The van der Waals surface area contributed by atoms with E-state index in [2.05, 4.69) is 0 Å². The minimum atomic E-state index is -0.533. The van der Waals surface area contributed by atoms with E-state index in [4.69, 9.17) is 16.3 Å². The van der Waals surface area contributed by atoms with Gasteiger partial charge in [-0.25, -0.2) is 0 Å². The SMILES string of the molecule is COc1cc(C(O)Cc2ccc(Cl)s2)ccc1C. The molecule has 0 saturated carbocycles. The minimum absolute atomic E-state index is 0.533. The molecule has 1 heterocycles. The van der Waals surface area contributed by atoms with Gasteiger partial charge in [0.2, 0.25) is 0 Å². The quantitative estimate of drug-likeness (QED) is 0.919. The van der Waals surface area contributed by atoms with E-state index in [1.807, 2.05) is 37.3 Å². The zero-order valence-corrected chi connectivity index (χ0v) is 11.9. The summed E-state index contributed by atoms with van der Waals surface area (Å²) in [5, 5.41) is 10.2. The smallest absolute Gasteiger partial charge is 0.122 e. The van der Waals surface area contributed by atoms with E-state index in [1.54, 1.807) is 7.11 Å². The third kappa shape index (κ3) is 3.05. The molecule has 2 rings (SSSR count). The topological polar surface area (TPSA) is 29.5 Å². The summed E-state index contributed by atoms with van der Waals surface area (Å²) >= 11 is 7.37. The predicted octanol–water partition coefficient (Wildman–Crippen LogP) is 3.99. The summed E-state index contributed by atoms with van der Waals surface area (Å²) in [4.78, 5) is 1.08. The Labute approximate surface area is 116 Å². The zero-order valence-electron chi connectivity index (χ0n) is 10.3. The molecule has 2 aromatic rings. The molecule has 1 atom stereocenters. The molecule has 0 radical (unpaired) electrons. The van der Waals surface area contributed by atoms with Crippen molar-refractivity contribution in [3.8, 4) is 5.75 Å². The van der Waals surface area contributed by atoms with Crippen LogP contribution in [0.4, 0.5) is 0 Å². The fraction of sp³-hybridized carbons (Fsp3) is 0.286. The molecule has 0 aliphatic carbocycles. The number of thiophene rings is 1. The number of halogens is 1. The number of benzene rings is 1. The van der Waals surface area contributed by atoms with Gasteiger partial charge in [-0.2, -0.15) is 0 Å². The van der Waals surface area contributed by atoms with Crippen molar-refractivity contribution in [2.24, 2.45) is 0 Å². The van der Waals surface area contributed by atoms with Crippen molar-refractivity contribution in [2.75, 3.05) is 7.11 Å². The summed E-state index contributed by atoms with van der Waals surface area (Å²) in [6.45, 7) is 1.98. The zero-order chi connectivity index (χ0) is 13.1. The Balaban J connectivity index is 2.15. The van der Waals surface area contributed by atoms with E-state index in [1.165, 1.54) is 11.3 Å². The minimum Gasteiger partial charge on any atom is -0.496 e. The van der Waals surface area contributed by atoms with Crippen molar-refractivity contribution in [1.29, 1.82) is 0 Å². The molecule has 2 nitrogen and oxygen atoms in total. The molecule has 0 fully saturated rings. The maximum absolute atomic E-state index is 10.2. The highest BCUT2D eigenvalue weighted by Gasteiger charge is 2.12. The van der Waals surface area contributed by atoms with E-state index in [-0.39, 0.29) is 0 Å². The van der Waals surface area contributed by atoms with Crippen LogP contribution in [0.5, 0.6) is 5.75 Å². The Morgan fingerprint density at radius 1 is 1.33 bits per heavy atom. The van der Waals surface area contributed by atoms with E-state index in [0.717, 1.165) is 26.1 Å². The second kappa shape index (κ2) is 5.74. The van der Waals surface area contributed by atoms with E-state index >= 15 is 0 Å². The van der Waals surface area contributed by atoms with Gasteiger partial charge in [-0.1, -0.05) is 23.7 Å². The largest absolute Gasteiger partial charge is 0.496 e. The van der Waals surface area contributed by atoms with Crippen molar-refractivity contribution < 1.29 is 9.84 Å². The molecule has 0 aliphatic rings. The Morgan fingerprint density at radius 2 is 2.11 bits per heavy atom. The van der Waals surface area contributed by atoms with Gasteiger partial charge in [-0.05, 0) is 36.2 Å². The molecule has 18 heavy (non-hydrogen) atoms. The Hall–Kier alpha value is -1.03. The van der Waals surface area contributed by atoms with Crippen LogP contribution >= 0.6 is 22.9 Å². The number of aliphatic hydroxyl groups is 1. The van der Waals surface area contributed by atoms with Gasteiger partial charge >= 0.3 is 0 Å². The number of methoxy groups -OCH3 is 1. The summed E-state index contributed by atoms with van der Waals surface area (Å²) in [6, 6.07) is 9.57. The van der Waals surface area contributed by atoms with Gasteiger partial charge in [0.15, 0.2) is 0 Å². The molecule has 96 valence electrons. The van der Waals surface area contributed by atoms with Crippen LogP contribution in [0.2, 0.25) is 4.34 Å². The van der Waals surface area contributed by atoms with Gasteiger partial charge in [0.25, 0.3) is 0 Å². The summed E-state index contributed by atoms with van der Waals surface area (Å²) in [7, 11) is 1.64. The highest BCUT2D eigenvalue weighted by atomic mass is 35.5. The molecule has 0 amide bonds. The Morgan fingerprint density at radius 3 is 2.72 bits per heavy atom. The lowest BCUT2D eigenvalue weighted by molar-refractivity contribution is 0.179. The average molecular weight is 283 g/mol. The van der Waals surface area contributed by atoms with E-state index in [9.17, 15) is 5.11 Å². The predicted molar refractivity (Wildman–Crippen MR) is 75.7 cm³/mol. The van der Waals surface area contributed by atoms with Crippen molar-refractivity contribution >= 4 is 22.9 Å². The van der Waals surface area contributed by atoms with Crippen LogP contribution in [0.25, 0.3) is 0 Å². The highest BCUT2D eigenvalue weighted by Crippen LogP contribution is 2.29. The first-order valence-corrected chi connectivity index (χ1v) is 6.86. The Kier molecular flexibility index (Phi) is 4.27. The fourth-order valence-electron chi connectivity index (χ4n) is 1.81. The van der Waals surface area contributed by atoms with Crippen LogP contribution in [0, 0.1) is 6.92 Å². The maximum atomic E-state index is 10.2. The standard InChI is InChI=1S/C14H15ClO2S/c1-9-3-4-10(7-13(9)17-2)12(16)8-11-5-6-14(15)18-11/h3-7,12,16H,8H2,1-2H3. The molecule has 0 spiro atoms. The molecule has 4 heteroatoms. The summed E-state index contributed by atoms with van der Waals surface area (Å²) in [5.74, 6) is 0.802. The first-order valence-electron chi connectivity index (χ1n) is 5.67. The van der Waals surface area contributed by atoms with Crippen LogP contribution < -0.4 is 4.74 Å². The van der Waals surface area contributed by atoms with Crippen LogP contribution in [0.3, 0.4) is 0 Å². The summed E-state index contributed by atoms with van der Waals surface area (Å²) in [6.07, 6.45) is 0.0399. The number of hydrogen-bond donors (Lipinski definition) is 1. The van der Waals surface area contributed by atoms with Crippen molar-refractivity contribution in [2.45, 2.75) is 19.4 Å². The first-order chi connectivity index (χ1) is 8.60. The van der Waals surface area contributed by atoms with Crippen molar-refractivity contribution in [1.82, 2.24) is 0 Å². The second-order valence-electron chi connectivity index (χ2n) is 4.15. The van der Waals surface area contributed by atoms with Gasteiger partial charge in [-0.15, -0.1) is 11.3 Å². The van der Waals surface area contributed by atoms with Gasteiger partial charge < -0.3 is 9.84 Å². The van der Waals surface area contributed by atoms with Crippen LogP contribution in [-0.4, -0.2) is 12.2 Å². The maximum Gasteiger partial charge on any atom is 0.122 e. The van der Waals surface area contributed by atoms with Crippen LogP contribution in [0.15, 0.2) is 30.3 Å². The number of rotatable bonds is 4. The van der Waals surface area contributed by atoms with Gasteiger partial charge in [0.1, 0.15) is 5.75 Å². The van der Waals surface area contributed by atoms with E-state index < -0.39 is 6.10 Å². The van der Waals surface area contributed by atoms with Crippen molar-refractivity contribution in [3.05, 3.63) is 50.7 Å². The molecule has 0 saturated heterocycles. The molecular formula is C14H15ClO2S. The molecule has 0 aliphatic heterocycles. The molecular weight excluding hydrogens is 268 g/mol. The van der Waals surface area contributed by atoms with Gasteiger partial charge in [0.05, 0.1) is 17.6 Å². The number of ether oxygens (including phenoxy) is 1. The van der Waals surface area contributed by atoms with Gasteiger partial charge in [-0.3, -0.25) is 0 Å². The van der Waals surface area contributed by atoms with Crippen LogP contribution in [0.1, 0.15) is 22.1 Å². The number of hydrogen-bond acceptors (Lipinski definition) is 3. The fourth-order valence-corrected chi connectivity index (χ4v) is 2.94. The van der Waals surface area contributed by atoms with Crippen molar-refractivity contribution in [3.63, 3.8) is 0 Å². The van der Waals surface area contributed by atoms with E-state index in [0.29, 0.717) is 6.42 Å². The molecule has 1 aromatic heterocycles. The third-order valence-electron chi connectivity index (χ3n) is 2.84. The lowest BCUT2D eigenvalue weighted by Gasteiger charge is -2.12. The Bertz CT molecular complexity index is 536. The normalized spacial score (nSPS) is 12.4. The van der Waals surface area contributed by atoms with Gasteiger partial charge in [0, 0.05) is 11.3 Å². The molecule has 0 bridgehead atoms. The average Bonchev–Trinajstić information content (AvgIpc) is 2.75. The number of aryl methyl sites for hydroxylation is 1. The third-order valence-corrected chi connectivity index (χ3v) is 4.09. The lowest BCUT2D eigenvalue weighted by Crippen LogP contribution is -2.01. The molecule has 1 unspecified atom stereocenters. The van der Waals surface area contributed by atoms with Crippen LogP contribution in [-0.2, 0) is 6.42 Å². The monoisotopic (exact) mass is 282 g/mol. The molecule has 1 aromatic carbocycles.